The van der Waals surface area contributed by atoms with Crippen LogP contribution in [0.1, 0.15) is 17.3 Å². The zero-order chi connectivity index (χ0) is 22.8. The summed E-state index contributed by atoms with van der Waals surface area (Å²) in [6.07, 6.45) is 1.62. The Hall–Kier alpha value is -3.61. The van der Waals surface area contributed by atoms with E-state index in [0.717, 1.165) is 28.4 Å². The molecular formula is C24H19F2N5OS. The van der Waals surface area contributed by atoms with E-state index >= 15 is 0 Å². The number of allylic oxidation sites excluding steroid dienone is 1. The molecule has 5 rings (SSSR count). The van der Waals surface area contributed by atoms with Gasteiger partial charge in [0, 0.05) is 18.7 Å². The van der Waals surface area contributed by atoms with Gasteiger partial charge < -0.3 is 9.64 Å². The Balaban J connectivity index is 1.66. The SMILES string of the molecule is N#C/C(=C/c1sc(N2CCOCC2)nc1-c1ccccc1)c1nc2ccccc2n1C(F)F. The number of rotatable bonds is 5. The van der Waals surface area contributed by atoms with Crippen molar-refractivity contribution in [2.24, 2.45) is 0 Å². The van der Waals surface area contributed by atoms with Crippen LogP contribution < -0.4 is 4.90 Å². The number of hydrogen-bond donors (Lipinski definition) is 0. The Labute approximate surface area is 193 Å². The normalized spacial score (nSPS) is 14.7. The number of morpholine rings is 1. The summed E-state index contributed by atoms with van der Waals surface area (Å²) in [6, 6.07) is 18.3. The number of halogens is 2. The van der Waals surface area contributed by atoms with Gasteiger partial charge in [-0.05, 0) is 18.2 Å². The van der Waals surface area contributed by atoms with E-state index in [9.17, 15) is 14.0 Å². The van der Waals surface area contributed by atoms with Crippen LogP contribution in [0.4, 0.5) is 13.9 Å². The van der Waals surface area contributed by atoms with Gasteiger partial charge >= 0.3 is 6.55 Å². The molecule has 0 N–H and O–H groups in total. The predicted molar refractivity (Wildman–Crippen MR) is 125 cm³/mol. The minimum Gasteiger partial charge on any atom is -0.378 e. The molecule has 2 aromatic heterocycles. The van der Waals surface area contributed by atoms with E-state index in [4.69, 9.17) is 9.72 Å². The van der Waals surface area contributed by atoms with Crippen LogP contribution in [-0.4, -0.2) is 40.8 Å². The number of nitriles is 1. The molecule has 1 fully saturated rings. The maximum atomic E-state index is 14.0. The highest BCUT2D eigenvalue weighted by Gasteiger charge is 2.23. The zero-order valence-electron chi connectivity index (χ0n) is 17.5. The first kappa shape index (κ1) is 21.2. The molecule has 1 aliphatic heterocycles. The Morgan fingerprint density at radius 1 is 1.06 bits per heavy atom. The van der Waals surface area contributed by atoms with Gasteiger partial charge in [0.1, 0.15) is 6.07 Å². The summed E-state index contributed by atoms with van der Waals surface area (Å²) in [6.45, 7) is -0.155. The van der Waals surface area contributed by atoms with Crippen molar-refractivity contribution in [3.63, 3.8) is 0 Å². The first-order valence-electron chi connectivity index (χ1n) is 10.4. The number of benzene rings is 2. The second-order valence-electron chi connectivity index (χ2n) is 7.42. The van der Waals surface area contributed by atoms with Crippen LogP contribution in [0.5, 0.6) is 0 Å². The van der Waals surface area contributed by atoms with Gasteiger partial charge in [-0.25, -0.2) is 9.97 Å². The zero-order valence-corrected chi connectivity index (χ0v) is 18.3. The molecule has 166 valence electrons. The summed E-state index contributed by atoms with van der Waals surface area (Å²) in [5, 5.41) is 10.7. The smallest absolute Gasteiger partial charge is 0.320 e. The highest BCUT2D eigenvalue weighted by Crippen LogP contribution is 2.37. The van der Waals surface area contributed by atoms with E-state index in [1.54, 1.807) is 30.3 Å². The summed E-state index contributed by atoms with van der Waals surface area (Å²) in [7, 11) is 0. The van der Waals surface area contributed by atoms with Gasteiger partial charge in [0.15, 0.2) is 11.0 Å². The Kier molecular flexibility index (Phi) is 5.86. The van der Waals surface area contributed by atoms with E-state index < -0.39 is 6.55 Å². The summed E-state index contributed by atoms with van der Waals surface area (Å²) < 4.78 is 34.2. The van der Waals surface area contributed by atoms with Gasteiger partial charge in [-0.2, -0.15) is 14.0 Å². The first-order chi connectivity index (χ1) is 16.2. The predicted octanol–water partition coefficient (Wildman–Crippen LogP) is 5.46. The molecule has 9 heteroatoms. The average Bonchev–Trinajstić information content (AvgIpc) is 3.45. The van der Waals surface area contributed by atoms with E-state index in [1.807, 2.05) is 30.3 Å². The number of aromatic nitrogens is 3. The quantitative estimate of drug-likeness (QED) is 0.368. The third kappa shape index (κ3) is 4.11. The van der Waals surface area contributed by atoms with Crippen LogP contribution in [0.15, 0.2) is 54.6 Å². The fraction of sp³-hybridized carbons (Fsp3) is 0.208. The maximum absolute atomic E-state index is 14.0. The largest absolute Gasteiger partial charge is 0.378 e. The van der Waals surface area contributed by atoms with Crippen LogP contribution in [0.25, 0.3) is 33.9 Å². The number of imidazole rings is 1. The molecule has 4 aromatic rings. The maximum Gasteiger partial charge on any atom is 0.320 e. The molecule has 6 nitrogen and oxygen atoms in total. The highest BCUT2D eigenvalue weighted by molar-refractivity contribution is 7.17. The molecule has 1 saturated heterocycles. The minimum absolute atomic E-state index is 0.0564. The second kappa shape index (κ2) is 9.10. The Bertz CT molecular complexity index is 1350. The van der Waals surface area contributed by atoms with E-state index in [-0.39, 0.29) is 16.9 Å². The topological polar surface area (TPSA) is 67.0 Å². The second-order valence-corrected chi connectivity index (χ2v) is 8.43. The van der Waals surface area contributed by atoms with Crippen LogP contribution in [0.3, 0.4) is 0 Å². The third-order valence-electron chi connectivity index (χ3n) is 5.40. The summed E-state index contributed by atoms with van der Waals surface area (Å²) in [5.41, 5.74) is 2.34. The molecule has 0 amide bonds. The van der Waals surface area contributed by atoms with Crippen molar-refractivity contribution in [3.8, 4) is 17.3 Å². The van der Waals surface area contributed by atoms with E-state index in [1.165, 1.54) is 11.3 Å². The van der Waals surface area contributed by atoms with Crippen molar-refractivity contribution in [1.82, 2.24) is 14.5 Å². The van der Waals surface area contributed by atoms with Gasteiger partial charge in [-0.1, -0.05) is 53.8 Å². The van der Waals surface area contributed by atoms with Crippen molar-refractivity contribution < 1.29 is 13.5 Å². The number of para-hydroxylation sites is 2. The number of fused-ring (bicyclic) bond motifs is 1. The van der Waals surface area contributed by atoms with Gasteiger partial charge in [-0.15, -0.1) is 0 Å². The number of anilines is 1. The van der Waals surface area contributed by atoms with Crippen molar-refractivity contribution in [2.75, 3.05) is 31.2 Å². The van der Waals surface area contributed by atoms with E-state index in [2.05, 4.69) is 16.0 Å². The lowest BCUT2D eigenvalue weighted by Gasteiger charge is -2.26. The molecule has 0 spiro atoms. The standard InChI is InChI=1S/C24H19F2N5OS/c25-23(26)31-19-9-5-4-8-18(19)28-22(31)17(15-27)14-20-21(16-6-2-1-3-7-16)29-24(33-20)30-10-12-32-13-11-30/h1-9,14,23H,10-13H2/b17-14-. The molecule has 2 aromatic carbocycles. The van der Waals surface area contributed by atoms with Crippen LogP contribution in [0.2, 0.25) is 0 Å². The highest BCUT2D eigenvalue weighted by atomic mass is 32.1. The summed E-state index contributed by atoms with van der Waals surface area (Å²) in [4.78, 5) is 12.0. The monoisotopic (exact) mass is 463 g/mol. The van der Waals surface area contributed by atoms with Crippen molar-refractivity contribution >= 4 is 39.2 Å². The average molecular weight is 464 g/mol. The molecule has 0 atom stereocenters. The lowest BCUT2D eigenvalue weighted by molar-refractivity contribution is 0.0738. The van der Waals surface area contributed by atoms with Gasteiger partial charge in [0.05, 0.1) is 40.4 Å². The fourth-order valence-electron chi connectivity index (χ4n) is 3.82. The number of ether oxygens (including phenoxy) is 1. The third-order valence-corrected chi connectivity index (χ3v) is 6.46. The molecule has 3 heterocycles. The molecule has 33 heavy (non-hydrogen) atoms. The van der Waals surface area contributed by atoms with Crippen molar-refractivity contribution in [3.05, 3.63) is 65.3 Å². The Morgan fingerprint density at radius 3 is 2.52 bits per heavy atom. The van der Waals surface area contributed by atoms with Crippen LogP contribution >= 0.6 is 11.3 Å². The van der Waals surface area contributed by atoms with Crippen molar-refractivity contribution in [2.45, 2.75) is 6.55 Å². The number of thiazole rings is 1. The van der Waals surface area contributed by atoms with Crippen LogP contribution in [-0.2, 0) is 4.74 Å². The number of alkyl halides is 2. The lowest BCUT2D eigenvalue weighted by Crippen LogP contribution is -2.36. The summed E-state index contributed by atoms with van der Waals surface area (Å²) >= 11 is 1.43. The van der Waals surface area contributed by atoms with Gasteiger partial charge in [-0.3, -0.25) is 4.57 Å². The lowest BCUT2D eigenvalue weighted by atomic mass is 10.1. The van der Waals surface area contributed by atoms with Crippen molar-refractivity contribution in [1.29, 1.82) is 5.26 Å². The first-order valence-corrected chi connectivity index (χ1v) is 11.2. The fourth-order valence-corrected chi connectivity index (χ4v) is 4.90. The molecule has 0 aliphatic carbocycles. The minimum atomic E-state index is -2.83. The van der Waals surface area contributed by atoms with Gasteiger partial charge in [0.2, 0.25) is 0 Å². The summed E-state index contributed by atoms with van der Waals surface area (Å²) in [5.74, 6) is -0.0611. The molecule has 1 aliphatic rings. The molecule has 0 saturated carbocycles. The molecule has 0 radical (unpaired) electrons. The molecule has 0 unspecified atom stereocenters. The van der Waals surface area contributed by atoms with Gasteiger partial charge in [0.25, 0.3) is 0 Å². The molecular weight excluding hydrogens is 444 g/mol. The Morgan fingerprint density at radius 2 is 1.79 bits per heavy atom. The molecule has 0 bridgehead atoms. The van der Waals surface area contributed by atoms with Crippen LogP contribution in [0, 0.1) is 11.3 Å². The van der Waals surface area contributed by atoms with E-state index in [0.29, 0.717) is 29.3 Å². The number of nitrogens with zero attached hydrogens (tertiary/aromatic N) is 5. The number of hydrogen-bond acceptors (Lipinski definition) is 6.